The van der Waals surface area contributed by atoms with Crippen molar-refractivity contribution in [2.45, 2.75) is 32.2 Å². The lowest BCUT2D eigenvalue weighted by Crippen LogP contribution is -2.51. The molecule has 0 aromatic carbocycles. The van der Waals surface area contributed by atoms with Crippen LogP contribution in [-0.4, -0.2) is 24.4 Å². The van der Waals surface area contributed by atoms with Gasteiger partial charge in [0, 0.05) is 18.5 Å². The Morgan fingerprint density at radius 2 is 2.35 bits per heavy atom. The summed E-state index contributed by atoms with van der Waals surface area (Å²) in [5, 5.41) is 2.05. The topological polar surface area (TPSA) is 46.3 Å². The van der Waals surface area contributed by atoms with Gasteiger partial charge in [-0.05, 0) is 31.2 Å². The van der Waals surface area contributed by atoms with Crippen LogP contribution in [0.2, 0.25) is 0 Å². The van der Waals surface area contributed by atoms with Crippen molar-refractivity contribution in [2.24, 2.45) is 11.1 Å². The normalized spacial score (nSPS) is 19.5. The van der Waals surface area contributed by atoms with Crippen molar-refractivity contribution in [3.63, 3.8) is 0 Å². The molecule has 0 radical (unpaired) electrons. The highest BCUT2D eigenvalue weighted by Crippen LogP contribution is 2.42. The minimum absolute atomic E-state index is 0.145. The van der Waals surface area contributed by atoms with Crippen molar-refractivity contribution < 1.29 is 4.79 Å². The molecule has 1 aliphatic carbocycles. The predicted molar refractivity (Wildman–Crippen MR) is 70.8 cm³/mol. The van der Waals surface area contributed by atoms with Crippen molar-refractivity contribution in [1.29, 1.82) is 0 Å². The van der Waals surface area contributed by atoms with Crippen LogP contribution < -0.4 is 5.73 Å². The third-order valence-electron chi connectivity index (χ3n) is 4.01. The molecular formula is C13H20N2OS. The first kappa shape index (κ1) is 12.6. The Bertz CT molecular complexity index is 379. The molecule has 0 bridgehead atoms. The molecule has 4 heteroatoms. The summed E-state index contributed by atoms with van der Waals surface area (Å²) in [5.74, 6) is 0.215. The lowest BCUT2D eigenvalue weighted by molar-refractivity contribution is -0.147. The Balaban J connectivity index is 2.09. The maximum atomic E-state index is 12.5. The quantitative estimate of drug-likeness (QED) is 0.894. The lowest BCUT2D eigenvalue weighted by atomic mass is 9.67. The minimum atomic E-state index is -0.264. The van der Waals surface area contributed by atoms with E-state index in [1.807, 2.05) is 23.4 Å². The molecule has 2 N–H and O–H groups in total. The summed E-state index contributed by atoms with van der Waals surface area (Å²) >= 11 is 1.70. The minimum Gasteiger partial charge on any atom is -0.338 e. The maximum Gasteiger partial charge on any atom is 0.230 e. The molecule has 1 fully saturated rings. The van der Waals surface area contributed by atoms with Crippen LogP contribution in [-0.2, 0) is 4.79 Å². The molecule has 1 heterocycles. The van der Waals surface area contributed by atoms with Crippen LogP contribution in [0.25, 0.3) is 0 Å². The fraction of sp³-hybridized carbons (Fsp3) is 0.615. The van der Waals surface area contributed by atoms with E-state index < -0.39 is 0 Å². The van der Waals surface area contributed by atoms with Gasteiger partial charge in [0.15, 0.2) is 0 Å². The molecule has 94 valence electrons. The van der Waals surface area contributed by atoms with Gasteiger partial charge >= 0.3 is 0 Å². The van der Waals surface area contributed by atoms with Crippen molar-refractivity contribution in [3.8, 4) is 0 Å². The van der Waals surface area contributed by atoms with Crippen LogP contribution in [0.15, 0.2) is 17.5 Å². The highest BCUT2D eigenvalue weighted by atomic mass is 32.1. The average Bonchev–Trinajstić information content (AvgIpc) is 2.79. The fourth-order valence-electron chi connectivity index (χ4n) is 2.38. The molecule has 0 aliphatic heterocycles. The summed E-state index contributed by atoms with van der Waals surface area (Å²) in [6.07, 6.45) is 3.03. The maximum absolute atomic E-state index is 12.5. The van der Waals surface area contributed by atoms with Gasteiger partial charge in [0.25, 0.3) is 0 Å². The van der Waals surface area contributed by atoms with Gasteiger partial charge in [0.1, 0.15) is 0 Å². The summed E-state index contributed by atoms with van der Waals surface area (Å²) in [4.78, 5) is 15.6. The van der Waals surface area contributed by atoms with E-state index in [9.17, 15) is 4.79 Å². The number of carbonyl (C=O) groups excluding carboxylic acids is 1. The number of hydrogen-bond acceptors (Lipinski definition) is 3. The smallest absolute Gasteiger partial charge is 0.230 e. The molecule has 2 rings (SSSR count). The van der Waals surface area contributed by atoms with Crippen LogP contribution in [0.1, 0.15) is 37.1 Å². The molecule has 1 saturated carbocycles. The zero-order chi connectivity index (χ0) is 12.5. The Hall–Kier alpha value is -0.870. The van der Waals surface area contributed by atoms with Crippen LogP contribution in [0, 0.1) is 5.41 Å². The molecule has 1 aromatic rings. The van der Waals surface area contributed by atoms with E-state index in [0.29, 0.717) is 6.54 Å². The largest absolute Gasteiger partial charge is 0.338 e. The van der Waals surface area contributed by atoms with E-state index >= 15 is 0 Å². The van der Waals surface area contributed by atoms with Gasteiger partial charge < -0.3 is 10.6 Å². The number of hydrogen-bond donors (Lipinski definition) is 1. The fourth-order valence-corrected chi connectivity index (χ4v) is 3.21. The number of thiophene rings is 1. The van der Waals surface area contributed by atoms with Crippen molar-refractivity contribution in [2.75, 3.05) is 13.6 Å². The van der Waals surface area contributed by atoms with E-state index in [2.05, 4.69) is 13.0 Å². The standard InChI is InChI=1S/C13H20N2OS/c1-10(11-5-3-8-17-11)15(2)12(16)13(9-14)6-4-7-13/h3,5,8,10H,4,6-7,9,14H2,1-2H3. The molecule has 0 saturated heterocycles. The number of nitrogens with zero attached hydrogens (tertiary/aromatic N) is 1. The second-order valence-electron chi connectivity index (χ2n) is 4.95. The zero-order valence-electron chi connectivity index (χ0n) is 10.5. The van der Waals surface area contributed by atoms with E-state index in [0.717, 1.165) is 19.3 Å². The predicted octanol–water partition coefficient (Wildman–Crippen LogP) is 2.40. The molecular weight excluding hydrogens is 232 g/mol. The third-order valence-corrected chi connectivity index (χ3v) is 5.05. The zero-order valence-corrected chi connectivity index (χ0v) is 11.3. The molecule has 1 unspecified atom stereocenters. The van der Waals surface area contributed by atoms with Crippen LogP contribution in [0.3, 0.4) is 0 Å². The molecule has 1 aliphatic rings. The molecule has 3 nitrogen and oxygen atoms in total. The highest BCUT2D eigenvalue weighted by Gasteiger charge is 2.45. The highest BCUT2D eigenvalue weighted by molar-refractivity contribution is 7.10. The van der Waals surface area contributed by atoms with Crippen molar-refractivity contribution in [1.82, 2.24) is 4.90 Å². The monoisotopic (exact) mass is 252 g/mol. The molecule has 17 heavy (non-hydrogen) atoms. The Kier molecular flexibility index (Phi) is 3.54. The molecule has 1 atom stereocenters. The van der Waals surface area contributed by atoms with Crippen molar-refractivity contribution >= 4 is 17.2 Å². The summed E-state index contributed by atoms with van der Waals surface area (Å²) in [6.45, 7) is 2.56. The Labute approximate surface area is 107 Å². The average molecular weight is 252 g/mol. The van der Waals surface area contributed by atoms with E-state index in [1.165, 1.54) is 4.88 Å². The van der Waals surface area contributed by atoms with E-state index in [4.69, 9.17) is 5.73 Å². The van der Waals surface area contributed by atoms with Gasteiger partial charge in [0.05, 0.1) is 11.5 Å². The Morgan fingerprint density at radius 3 is 2.76 bits per heavy atom. The summed E-state index contributed by atoms with van der Waals surface area (Å²) in [5.41, 5.74) is 5.52. The van der Waals surface area contributed by atoms with E-state index in [-0.39, 0.29) is 17.4 Å². The van der Waals surface area contributed by atoms with Crippen LogP contribution in [0.5, 0.6) is 0 Å². The van der Waals surface area contributed by atoms with Gasteiger partial charge in [-0.15, -0.1) is 11.3 Å². The molecule has 0 spiro atoms. The number of rotatable bonds is 4. The van der Waals surface area contributed by atoms with E-state index in [1.54, 1.807) is 11.3 Å². The van der Waals surface area contributed by atoms with Gasteiger partial charge in [-0.3, -0.25) is 4.79 Å². The third kappa shape index (κ3) is 2.11. The molecule has 1 aromatic heterocycles. The molecule has 1 amide bonds. The first-order chi connectivity index (χ1) is 8.10. The van der Waals surface area contributed by atoms with Crippen LogP contribution >= 0.6 is 11.3 Å². The van der Waals surface area contributed by atoms with Crippen molar-refractivity contribution in [3.05, 3.63) is 22.4 Å². The second-order valence-corrected chi connectivity index (χ2v) is 5.92. The van der Waals surface area contributed by atoms with Gasteiger partial charge in [-0.1, -0.05) is 12.5 Å². The second kappa shape index (κ2) is 4.78. The lowest BCUT2D eigenvalue weighted by Gasteiger charge is -2.43. The Morgan fingerprint density at radius 1 is 1.65 bits per heavy atom. The summed E-state index contributed by atoms with van der Waals surface area (Å²) in [6, 6.07) is 4.25. The summed E-state index contributed by atoms with van der Waals surface area (Å²) in [7, 11) is 1.89. The number of nitrogens with two attached hydrogens (primary N) is 1. The van der Waals surface area contributed by atoms with Gasteiger partial charge in [-0.2, -0.15) is 0 Å². The summed E-state index contributed by atoms with van der Waals surface area (Å²) < 4.78 is 0. The first-order valence-corrected chi connectivity index (χ1v) is 6.99. The number of amides is 1. The van der Waals surface area contributed by atoms with Gasteiger partial charge in [0.2, 0.25) is 5.91 Å². The SMILES string of the molecule is CC(c1cccs1)N(C)C(=O)C1(CN)CCC1. The first-order valence-electron chi connectivity index (χ1n) is 6.11. The van der Waals surface area contributed by atoms with Gasteiger partial charge in [-0.25, -0.2) is 0 Å². The van der Waals surface area contributed by atoms with Crippen LogP contribution in [0.4, 0.5) is 0 Å². The number of carbonyl (C=O) groups is 1.